The lowest BCUT2D eigenvalue weighted by atomic mass is 9.83. The maximum absolute atomic E-state index is 12.2. The van der Waals surface area contributed by atoms with Crippen molar-refractivity contribution in [2.24, 2.45) is 11.8 Å². The number of aliphatic hydroxyl groups is 8. The summed E-state index contributed by atoms with van der Waals surface area (Å²) in [5.74, 6) is -1.68. The summed E-state index contributed by atoms with van der Waals surface area (Å²) in [7, 11) is 1.22. The first kappa shape index (κ1) is 29.3. The summed E-state index contributed by atoms with van der Waals surface area (Å²) in [6, 6.07) is 0. The molecule has 3 unspecified atom stereocenters. The van der Waals surface area contributed by atoms with Crippen LogP contribution >= 0.6 is 0 Å². The van der Waals surface area contributed by atoms with Gasteiger partial charge in [0, 0.05) is 5.92 Å². The van der Waals surface area contributed by atoms with Gasteiger partial charge in [0.1, 0.15) is 48.8 Å². The molecule has 0 bridgehead atoms. The minimum Gasteiger partial charge on any atom is -0.471 e. The Labute approximate surface area is 217 Å². The number of hydrogen-bond donors (Lipinski definition) is 8. The van der Waals surface area contributed by atoms with Crippen molar-refractivity contribution in [1.29, 1.82) is 0 Å². The van der Waals surface area contributed by atoms with E-state index in [9.17, 15) is 45.6 Å². The largest absolute Gasteiger partial charge is 0.471 e. The molecule has 4 rings (SSSR count). The Morgan fingerprint density at radius 1 is 0.895 bits per heavy atom. The van der Waals surface area contributed by atoms with Crippen LogP contribution in [-0.4, -0.2) is 141 Å². The molecule has 15 nitrogen and oxygen atoms in total. The number of allylic oxidation sites excluding steroid dienone is 1. The van der Waals surface area contributed by atoms with E-state index in [1.54, 1.807) is 6.08 Å². The van der Waals surface area contributed by atoms with Crippen molar-refractivity contribution in [1.82, 2.24) is 0 Å². The fourth-order valence-corrected chi connectivity index (χ4v) is 5.11. The molecule has 0 spiro atoms. The predicted octanol–water partition coefficient (Wildman–Crippen LogP) is -4.40. The summed E-state index contributed by atoms with van der Waals surface area (Å²) in [6.45, 7) is -1.54. The predicted molar refractivity (Wildman–Crippen MR) is 119 cm³/mol. The summed E-state index contributed by atoms with van der Waals surface area (Å²) in [4.78, 5) is 12.2. The zero-order valence-corrected chi connectivity index (χ0v) is 20.4. The fraction of sp³-hybridized carbons (Fsp3) is 0.783. The molecule has 216 valence electrons. The third-order valence-electron chi connectivity index (χ3n) is 7.33. The van der Waals surface area contributed by atoms with Crippen molar-refractivity contribution in [2.45, 2.75) is 74.1 Å². The molecule has 4 aliphatic rings. The van der Waals surface area contributed by atoms with Crippen LogP contribution in [0.3, 0.4) is 0 Å². The molecule has 0 aromatic heterocycles. The van der Waals surface area contributed by atoms with Crippen molar-refractivity contribution in [2.75, 3.05) is 26.9 Å². The van der Waals surface area contributed by atoms with Gasteiger partial charge in [0.15, 0.2) is 12.6 Å². The summed E-state index contributed by atoms with van der Waals surface area (Å²) in [5, 5.41) is 80.5. The van der Waals surface area contributed by atoms with E-state index < -0.39 is 98.7 Å². The number of methoxy groups -OCH3 is 1. The molecule has 0 aromatic carbocycles. The van der Waals surface area contributed by atoms with Crippen molar-refractivity contribution in [3.05, 3.63) is 23.5 Å². The van der Waals surface area contributed by atoms with Crippen LogP contribution in [0.15, 0.2) is 23.5 Å². The topological polar surface area (TPSA) is 234 Å². The molecule has 15 heteroatoms. The Morgan fingerprint density at radius 3 is 2.16 bits per heavy atom. The van der Waals surface area contributed by atoms with Gasteiger partial charge in [0.2, 0.25) is 6.29 Å². The van der Waals surface area contributed by atoms with E-state index >= 15 is 0 Å². The van der Waals surface area contributed by atoms with Gasteiger partial charge in [-0.3, -0.25) is 0 Å². The van der Waals surface area contributed by atoms with Crippen LogP contribution in [0.1, 0.15) is 6.42 Å². The summed E-state index contributed by atoms with van der Waals surface area (Å²) in [5.41, 5.74) is 0.770. The van der Waals surface area contributed by atoms with Gasteiger partial charge >= 0.3 is 5.97 Å². The van der Waals surface area contributed by atoms with Gasteiger partial charge < -0.3 is 69.3 Å². The van der Waals surface area contributed by atoms with E-state index in [2.05, 4.69) is 0 Å². The third kappa shape index (κ3) is 5.47. The van der Waals surface area contributed by atoms with E-state index in [-0.39, 0.29) is 12.2 Å². The Kier molecular flexibility index (Phi) is 9.39. The Bertz CT molecular complexity index is 892. The smallest absolute Gasteiger partial charge is 0.337 e. The van der Waals surface area contributed by atoms with Crippen molar-refractivity contribution in [3.8, 4) is 0 Å². The Morgan fingerprint density at radius 2 is 1.53 bits per heavy atom. The number of aliphatic hydroxyl groups excluding tert-OH is 8. The summed E-state index contributed by atoms with van der Waals surface area (Å²) < 4.78 is 32.5. The standard InChI is InChI=1S/C23H34O15/c1-33-20(32)10-6-34-21(13-8(4-24)2-3-9(10)13)38-23-19(31)17(29)15(27)12(37-23)7-35-22-18(30)16(28)14(26)11(5-25)36-22/h2,6,9,11-19,21-31H,3-5,7H2,1H3/t9?,11-,12-,13?,14-,15-,16+,17+,18-,19-,21?,22-,23+/m1/s1. The molecule has 1 aliphatic carbocycles. The van der Waals surface area contributed by atoms with E-state index in [1.807, 2.05) is 0 Å². The average molecular weight is 551 g/mol. The van der Waals surface area contributed by atoms with Crippen LogP contribution in [0, 0.1) is 11.8 Å². The van der Waals surface area contributed by atoms with Crippen LogP contribution in [0.4, 0.5) is 0 Å². The molecule has 3 heterocycles. The second-order valence-corrected chi connectivity index (χ2v) is 9.56. The molecule has 2 fully saturated rings. The maximum atomic E-state index is 12.2. The third-order valence-corrected chi connectivity index (χ3v) is 7.33. The van der Waals surface area contributed by atoms with Gasteiger partial charge in [-0.15, -0.1) is 0 Å². The molecule has 2 saturated heterocycles. The number of ether oxygens (including phenoxy) is 6. The van der Waals surface area contributed by atoms with E-state index in [4.69, 9.17) is 28.4 Å². The monoisotopic (exact) mass is 550 g/mol. The first-order chi connectivity index (χ1) is 18.1. The fourth-order valence-electron chi connectivity index (χ4n) is 5.11. The van der Waals surface area contributed by atoms with Crippen LogP contribution in [0.5, 0.6) is 0 Å². The van der Waals surface area contributed by atoms with Gasteiger partial charge in [-0.1, -0.05) is 6.08 Å². The SMILES string of the molecule is COC(=O)C1=COC(O[C@@H]2O[C@H](CO[C@@H]3O[C@H](CO)[C@@H](O)[C@H](O)[C@H]3O)[C@@H](O)[C@H](O)[C@H]2O)C2C(CO)=CCC12. The molecule has 3 aliphatic heterocycles. The van der Waals surface area contributed by atoms with Crippen LogP contribution in [0.2, 0.25) is 0 Å². The number of hydrogen-bond acceptors (Lipinski definition) is 15. The average Bonchev–Trinajstić information content (AvgIpc) is 3.36. The lowest BCUT2D eigenvalue weighted by molar-refractivity contribution is -0.352. The van der Waals surface area contributed by atoms with Crippen LogP contribution < -0.4 is 0 Å². The lowest BCUT2D eigenvalue weighted by Crippen LogP contribution is -2.62. The highest BCUT2D eigenvalue weighted by molar-refractivity contribution is 5.89. The van der Waals surface area contributed by atoms with Gasteiger partial charge in [-0.2, -0.15) is 0 Å². The van der Waals surface area contributed by atoms with Crippen LogP contribution in [0.25, 0.3) is 0 Å². The number of esters is 1. The number of rotatable bonds is 8. The molecule has 13 atom stereocenters. The van der Waals surface area contributed by atoms with Gasteiger partial charge in [0.05, 0.1) is 44.7 Å². The first-order valence-corrected chi connectivity index (χ1v) is 12.1. The highest BCUT2D eigenvalue weighted by atomic mass is 16.8. The molecule has 8 N–H and O–H groups in total. The molecular formula is C23H34O15. The molecule has 0 radical (unpaired) electrons. The van der Waals surface area contributed by atoms with E-state index in [1.165, 1.54) is 13.4 Å². The Hall–Kier alpha value is -1.73. The molecule has 0 saturated carbocycles. The molecular weight excluding hydrogens is 516 g/mol. The Balaban J connectivity index is 1.45. The minimum absolute atomic E-state index is 0.239. The second-order valence-electron chi connectivity index (χ2n) is 9.56. The van der Waals surface area contributed by atoms with Crippen LogP contribution in [-0.2, 0) is 33.2 Å². The normalized spacial score (nSPS) is 45.0. The zero-order valence-electron chi connectivity index (χ0n) is 20.4. The number of fused-ring (bicyclic) bond motifs is 1. The van der Waals surface area contributed by atoms with Gasteiger partial charge in [-0.05, 0) is 12.0 Å². The zero-order chi connectivity index (χ0) is 27.7. The molecule has 38 heavy (non-hydrogen) atoms. The summed E-state index contributed by atoms with van der Waals surface area (Å²) >= 11 is 0. The highest BCUT2D eigenvalue weighted by Gasteiger charge is 2.51. The van der Waals surface area contributed by atoms with Crippen molar-refractivity contribution < 1.29 is 74.1 Å². The highest BCUT2D eigenvalue weighted by Crippen LogP contribution is 2.44. The second kappa shape index (κ2) is 12.2. The summed E-state index contributed by atoms with van der Waals surface area (Å²) in [6.07, 6.45) is -13.6. The number of carbonyl (C=O) groups excluding carboxylic acids is 1. The van der Waals surface area contributed by atoms with E-state index in [0.717, 1.165) is 0 Å². The van der Waals surface area contributed by atoms with Gasteiger partial charge in [-0.25, -0.2) is 4.79 Å². The lowest BCUT2D eigenvalue weighted by Gasteiger charge is -2.44. The van der Waals surface area contributed by atoms with E-state index in [0.29, 0.717) is 12.0 Å². The quantitative estimate of drug-likeness (QED) is 0.105. The van der Waals surface area contributed by atoms with Gasteiger partial charge in [0.25, 0.3) is 0 Å². The minimum atomic E-state index is -1.76. The maximum Gasteiger partial charge on any atom is 0.337 e. The first-order valence-electron chi connectivity index (χ1n) is 12.1. The number of carbonyl (C=O) groups is 1. The van der Waals surface area contributed by atoms with Crippen molar-refractivity contribution in [3.63, 3.8) is 0 Å². The van der Waals surface area contributed by atoms with Crippen molar-refractivity contribution >= 4 is 5.97 Å². The molecule has 0 amide bonds. The molecule has 0 aromatic rings.